The molecule has 112 valence electrons. The molecule has 7 heteroatoms. The molecule has 3 aromatic rings. The third-order valence-corrected chi connectivity index (χ3v) is 4.12. The van der Waals surface area contributed by atoms with Crippen molar-refractivity contribution in [1.82, 2.24) is 25.3 Å². The third-order valence-electron chi connectivity index (χ3n) is 4.12. The van der Waals surface area contributed by atoms with Gasteiger partial charge in [-0.25, -0.2) is 4.39 Å². The van der Waals surface area contributed by atoms with Crippen LogP contribution in [-0.4, -0.2) is 31.8 Å². The van der Waals surface area contributed by atoms with E-state index in [1.165, 1.54) is 10.7 Å². The van der Waals surface area contributed by atoms with Crippen LogP contribution in [0.4, 0.5) is 10.2 Å². The number of nitrogens with zero attached hydrogens (tertiary/aromatic N) is 6. The number of tetrazole rings is 1. The highest BCUT2D eigenvalue weighted by molar-refractivity contribution is 5.48. The van der Waals surface area contributed by atoms with Crippen molar-refractivity contribution in [3.05, 3.63) is 47.8 Å². The molecule has 2 aromatic heterocycles. The Labute approximate surface area is 126 Å². The molecule has 6 nitrogen and oxygen atoms in total. The van der Waals surface area contributed by atoms with Crippen LogP contribution in [-0.2, 0) is 0 Å². The normalized spacial score (nSPS) is 21.6. The average Bonchev–Trinajstić information content (AvgIpc) is 3.13. The molecular formula is C15H15FN6. The Bertz CT molecular complexity index is 816. The van der Waals surface area contributed by atoms with E-state index in [2.05, 4.69) is 32.4 Å². The Balaban J connectivity index is 1.76. The topological polar surface area (TPSA) is 59.2 Å². The summed E-state index contributed by atoms with van der Waals surface area (Å²) in [5.41, 5.74) is 1.31. The minimum atomic E-state index is -0.171. The number of aromatic nitrogens is 5. The quantitative estimate of drug-likeness (QED) is 0.726. The van der Waals surface area contributed by atoms with Crippen LogP contribution in [0.2, 0.25) is 0 Å². The molecule has 1 aromatic carbocycles. The largest absolute Gasteiger partial charge is 0.348 e. The highest BCUT2D eigenvalue weighted by Gasteiger charge is 2.33. The molecule has 0 N–H and O–H groups in total. The van der Waals surface area contributed by atoms with Crippen molar-refractivity contribution in [2.24, 2.45) is 5.92 Å². The van der Waals surface area contributed by atoms with E-state index in [4.69, 9.17) is 0 Å². The number of rotatable bonds is 2. The molecule has 0 bridgehead atoms. The van der Waals surface area contributed by atoms with Crippen LogP contribution in [0.25, 0.3) is 5.65 Å². The van der Waals surface area contributed by atoms with Gasteiger partial charge in [0.15, 0.2) is 11.5 Å². The molecular weight excluding hydrogens is 283 g/mol. The maximum atomic E-state index is 14.2. The molecule has 1 aliphatic heterocycles. The van der Waals surface area contributed by atoms with Crippen LogP contribution < -0.4 is 4.90 Å². The first kappa shape index (κ1) is 13.1. The summed E-state index contributed by atoms with van der Waals surface area (Å²) in [5.74, 6) is 1.06. The highest BCUT2D eigenvalue weighted by Crippen LogP contribution is 2.38. The van der Waals surface area contributed by atoms with Crippen molar-refractivity contribution in [3.8, 4) is 0 Å². The average molecular weight is 298 g/mol. The fourth-order valence-corrected chi connectivity index (χ4v) is 3.13. The molecule has 0 spiro atoms. The van der Waals surface area contributed by atoms with Crippen molar-refractivity contribution in [1.29, 1.82) is 0 Å². The summed E-state index contributed by atoms with van der Waals surface area (Å²) in [7, 11) is 0. The lowest BCUT2D eigenvalue weighted by atomic mass is 10.0. The number of hydrogen-bond acceptors (Lipinski definition) is 5. The smallest absolute Gasteiger partial charge is 0.200 e. The van der Waals surface area contributed by atoms with E-state index in [0.717, 1.165) is 18.8 Å². The van der Waals surface area contributed by atoms with Gasteiger partial charge in [-0.15, -0.1) is 14.8 Å². The first-order chi connectivity index (χ1) is 10.7. The van der Waals surface area contributed by atoms with Gasteiger partial charge < -0.3 is 4.90 Å². The van der Waals surface area contributed by atoms with Crippen LogP contribution in [0, 0.1) is 11.7 Å². The van der Waals surface area contributed by atoms with E-state index in [0.29, 0.717) is 17.1 Å². The molecule has 2 unspecified atom stereocenters. The summed E-state index contributed by atoms with van der Waals surface area (Å²) in [5, 5.41) is 15.7. The van der Waals surface area contributed by atoms with E-state index in [-0.39, 0.29) is 11.9 Å². The monoisotopic (exact) mass is 298 g/mol. The molecule has 3 heterocycles. The van der Waals surface area contributed by atoms with E-state index in [9.17, 15) is 4.39 Å². The molecule has 0 amide bonds. The van der Waals surface area contributed by atoms with Gasteiger partial charge in [-0.3, -0.25) is 0 Å². The standard InChI is InChI=1S/C15H15FN6/c1-10-8-13(11-4-2-3-5-12(11)16)21(9-10)15-7-6-14-17-19-20-22(14)18-15/h2-7,10,13H,8-9H2,1H3. The van der Waals surface area contributed by atoms with E-state index in [1.54, 1.807) is 6.07 Å². The molecule has 0 radical (unpaired) electrons. The molecule has 0 aliphatic carbocycles. The van der Waals surface area contributed by atoms with Crippen LogP contribution >= 0.6 is 0 Å². The summed E-state index contributed by atoms with van der Waals surface area (Å²) in [4.78, 5) is 2.13. The van der Waals surface area contributed by atoms with Gasteiger partial charge in [0.2, 0.25) is 0 Å². The molecule has 1 saturated heterocycles. The van der Waals surface area contributed by atoms with Gasteiger partial charge >= 0.3 is 0 Å². The van der Waals surface area contributed by atoms with E-state index < -0.39 is 0 Å². The minimum Gasteiger partial charge on any atom is -0.348 e. The van der Waals surface area contributed by atoms with Gasteiger partial charge in [0.1, 0.15) is 5.82 Å². The maximum absolute atomic E-state index is 14.2. The van der Waals surface area contributed by atoms with Gasteiger partial charge in [0, 0.05) is 12.1 Å². The minimum absolute atomic E-state index is 0.0161. The number of fused-ring (bicyclic) bond motifs is 1. The number of anilines is 1. The Morgan fingerprint density at radius 3 is 2.91 bits per heavy atom. The molecule has 2 atom stereocenters. The molecule has 1 fully saturated rings. The number of hydrogen-bond donors (Lipinski definition) is 0. The van der Waals surface area contributed by atoms with Gasteiger partial charge in [-0.1, -0.05) is 25.1 Å². The van der Waals surface area contributed by atoms with Crippen LogP contribution in [0.1, 0.15) is 24.9 Å². The maximum Gasteiger partial charge on any atom is 0.200 e. The second kappa shape index (κ2) is 5.01. The molecule has 4 rings (SSSR count). The SMILES string of the molecule is CC1CC(c2ccccc2F)N(c2ccc3nnnn3n2)C1. The summed E-state index contributed by atoms with van der Waals surface area (Å²) in [6.45, 7) is 3.00. The summed E-state index contributed by atoms with van der Waals surface area (Å²) < 4.78 is 15.6. The first-order valence-electron chi connectivity index (χ1n) is 7.29. The summed E-state index contributed by atoms with van der Waals surface area (Å²) in [6, 6.07) is 10.6. The Morgan fingerprint density at radius 1 is 1.18 bits per heavy atom. The van der Waals surface area contributed by atoms with Crippen molar-refractivity contribution < 1.29 is 4.39 Å². The van der Waals surface area contributed by atoms with Crippen molar-refractivity contribution in [2.75, 3.05) is 11.4 Å². The van der Waals surface area contributed by atoms with Gasteiger partial charge in [-0.05, 0) is 41.0 Å². The zero-order chi connectivity index (χ0) is 15.1. The number of halogens is 1. The fraction of sp³-hybridized carbons (Fsp3) is 0.333. The van der Waals surface area contributed by atoms with E-state index in [1.807, 2.05) is 24.3 Å². The van der Waals surface area contributed by atoms with Crippen LogP contribution in [0.3, 0.4) is 0 Å². The van der Waals surface area contributed by atoms with Gasteiger partial charge in [-0.2, -0.15) is 0 Å². The zero-order valence-corrected chi connectivity index (χ0v) is 12.1. The van der Waals surface area contributed by atoms with Crippen LogP contribution in [0.15, 0.2) is 36.4 Å². The highest BCUT2D eigenvalue weighted by atomic mass is 19.1. The Morgan fingerprint density at radius 2 is 2.05 bits per heavy atom. The lowest BCUT2D eigenvalue weighted by Gasteiger charge is -2.26. The Kier molecular flexibility index (Phi) is 2.99. The van der Waals surface area contributed by atoms with Crippen molar-refractivity contribution in [2.45, 2.75) is 19.4 Å². The molecule has 0 saturated carbocycles. The second-order valence-electron chi connectivity index (χ2n) is 5.75. The predicted molar refractivity (Wildman–Crippen MR) is 78.8 cm³/mol. The molecule has 1 aliphatic rings. The summed E-state index contributed by atoms with van der Waals surface area (Å²) >= 11 is 0. The van der Waals surface area contributed by atoms with Crippen molar-refractivity contribution in [3.63, 3.8) is 0 Å². The lowest BCUT2D eigenvalue weighted by Crippen LogP contribution is -2.25. The molecule has 22 heavy (non-hydrogen) atoms. The predicted octanol–water partition coefficient (Wildman–Crippen LogP) is 2.25. The summed E-state index contributed by atoms with van der Waals surface area (Å²) in [6.07, 6.45) is 0.899. The lowest BCUT2D eigenvalue weighted by molar-refractivity contribution is 0.562. The van der Waals surface area contributed by atoms with Crippen LogP contribution in [0.5, 0.6) is 0 Å². The Hall–Kier alpha value is -2.57. The number of benzene rings is 1. The fourth-order valence-electron chi connectivity index (χ4n) is 3.13. The first-order valence-corrected chi connectivity index (χ1v) is 7.29. The zero-order valence-electron chi connectivity index (χ0n) is 12.1. The van der Waals surface area contributed by atoms with E-state index >= 15 is 0 Å². The van der Waals surface area contributed by atoms with Gasteiger partial charge in [0.25, 0.3) is 0 Å². The third kappa shape index (κ3) is 2.09. The van der Waals surface area contributed by atoms with Crippen molar-refractivity contribution >= 4 is 11.5 Å². The second-order valence-corrected chi connectivity index (χ2v) is 5.75. The van der Waals surface area contributed by atoms with Gasteiger partial charge in [0.05, 0.1) is 6.04 Å².